The van der Waals surface area contributed by atoms with Crippen LogP contribution in [0, 0.1) is 0 Å². The van der Waals surface area contributed by atoms with Crippen molar-refractivity contribution in [2.75, 3.05) is 0 Å². The van der Waals surface area contributed by atoms with Crippen molar-refractivity contribution in [3.63, 3.8) is 0 Å². The molecule has 0 aliphatic carbocycles. The molecule has 0 unspecified atom stereocenters. The molecule has 8 heteroatoms. The van der Waals surface area contributed by atoms with Gasteiger partial charge >= 0.3 is 0 Å². The van der Waals surface area contributed by atoms with Crippen molar-refractivity contribution in [2.45, 2.75) is 0 Å². The van der Waals surface area contributed by atoms with Gasteiger partial charge in [-0.15, -0.1) is 0 Å². The Kier molecular flexibility index (Phi) is 4.03. The summed E-state index contributed by atoms with van der Waals surface area (Å²) in [5.41, 5.74) is 5.59. The van der Waals surface area contributed by atoms with E-state index in [0.29, 0.717) is 10.8 Å². The van der Waals surface area contributed by atoms with Gasteiger partial charge in [0.25, 0.3) is 0 Å². The first-order valence-corrected chi connectivity index (χ1v) is 5.79. The number of ether oxygens (including phenoxy) is 1. The Morgan fingerprint density at radius 1 is 1.26 bits per heavy atom. The van der Waals surface area contributed by atoms with E-state index in [1.54, 1.807) is 18.2 Å². The van der Waals surface area contributed by atoms with Crippen LogP contribution in [-0.4, -0.2) is 21.0 Å². The quantitative estimate of drug-likeness (QED) is 0.393. The fraction of sp³-hybridized carbons (Fsp3) is 0. The van der Waals surface area contributed by atoms with Gasteiger partial charge in [-0.1, -0.05) is 34.4 Å². The third-order valence-electron chi connectivity index (χ3n) is 2.13. The van der Waals surface area contributed by atoms with E-state index in [1.165, 1.54) is 12.4 Å². The van der Waals surface area contributed by atoms with Gasteiger partial charge in [0.05, 0.1) is 17.4 Å². The number of benzene rings is 1. The molecular weight excluding hydrogens is 291 g/mol. The fourth-order valence-electron chi connectivity index (χ4n) is 1.23. The van der Waals surface area contributed by atoms with E-state index in [1.807, 2.05) is 0 Å². The van der Waals surface area contributed by atoms with Crippen LogP contribution in [0.4, 0.5) is 0 Å². The molecule has 3 N–H and O–H groups in total. The van der Waals surface area contributed by atoms with Crippen LogP contribution >= 0.6 is 23.2 Å². The summed E-state index contributed by atoms with van der Waals surface area (Å²) in [6.07, 6.45) is 2.63. The van der Waals surface area contributed by atoms with E-state index in [2.05, 4.69) is 15.1 Å². The Morgan fingerprint density at radius 2 is 2.05 bits per heavy atom. The number of hydrogen-bond acceptors (Lipinski definition) is 5. The molecule has 19 heavy (non-hydrogen) atoms. The van der Waals surface area contributed by atoms with Crippen molar-refractivity contribution < 1.29 is 9.94 Å². The third-order valence-corrected chi connectivity index (χ3v) is 2.93. The fourth-order valence-corrected chi connectivity index (χ4v) is 1.56. The molecule has 0 atom stereocenters. The highest BCUT2D eigenvalue weighted by Crippen LogP contribution is 2.33. The van der Waals surface area contributed by atoms with Crippen molar-refractivity contribution in [3.8, 4) is 11.6 Å². The van der Waals surface area contributed by atoms with Crippen molar-refractivity contribution >= 4 is 29.0 Å². The number of halogens is 2. The molecule has 0 saturated heterocycles. The molecule has 0 aliphatic heterocycles. The zero-order chi connectivity index (χ0) is 13.8. The van der Waals surface area contributed by atoms with Crippen molar-refractivity contribution in [1.29, 1.82) is 0 Å². The lowest BCUT2D eigenvalue weighted by Gasteiger charge is -2.07. The molecule has 98 valence electrons. The summed E-state index contributed by atoms with van der Waals surface area (Å²) in [6, 6.07) is 4.99. The van der Waals surface area contributed by atoms with Gasteiger partial charge in [-0.05, 0) is 12.1 Å². The van der Waals surface area contributed by atoms with Gasteiger partial charge in [0.15, 0.2) is 5.84 Å². The van der Waals surface area contributed by atoms with Crippen molar-refractivity contribution in [2.24, 2.45) is 10.9 Å². The molecule has 1 aromatic heterocycles. The summed E-state index contributed by atoms with van der Waals surface area (Å²) in [6.45, 7) is 0. The van der Waals surface area contributed by atoms with E-state index in [0.717, 1.165) is 0 Å². The minimum absolute atomic E-state index is 0.139. The van der Waals surface area contributed by atoms with E-state index >= 15 is 0 Å². The summed E-state index contributed by atoms with van der Waals surface area (Å²) >= 11 is 11.8. The van der Waals surface area contributed by atoms with Gasteiger partial charge < -0.3 is 15.7 Å². The lowest BCUT2D eigenvalue weighted by molar-refractivity contribution is 0.318. The monoisotopic (exact) mass is 298 g/mol. The zero-order valence-electron chi connectivity index (χ0n) is 9.42. The highest BCUT2D eigenvalue weighted by molar-refractivity contribution is 6.42. The SMILES string of the molecule is NC(=NO)c1cnc(Oc2cccc(Cl)c2Cl)cn1. The topological polar surface area (TPSA) is 93.6 Å². The molecule has 0 radical (unpaired) electrons. The number of hydrogen-bond donors (Lipinski definition) is 2. The molecule has 0 saturated carbocycles. The Morgan fingerprint density at radius 3 is 2.68 bits per heavy atom. The summed E-state index contributed by atoms with van der Waals surface area (Å²) < 4.78 is 5.43. The number of rotatable bonds is 3. The minimum Gasteiger partial charge on any atom is -0.436 e. The van der Waals surface area contributed by atoms with Gasteiger partial charge in [-0.2, -0.15) is 0 Å². The molecule has 0 aliphatic rings. The average molecular weight is 299 g/mol. The highest BCUT2D eigenvalue weighted by atomic mass is 35.5. The summed E-state index contributed by atoms with van der Waals surface area (Å²) in [4.78, 5) is 7.87. The Bertz CT molecular complexity index is 617. The molecule has 1 aromatic carbocycles. The van der Waals surface area contributed by atoms with E-state index in [9.17, 15) is 0 Å². The maximum absolute atomic E-state index is 8.49. The smallest absolute Gasteiger partial charge is 0.237 e. The zero-order valence-corrected chi connectivity index (χ0v) is 10.9. The van der Waals surface area contributed by atoms with E-state index < -0.39 is 0 Å². The number of amidine groups is 1. The van der Waals surface area contributed by atoms with Crippen LogP contribution in [0.25, 0.3) is 0 Å². The summed E-state index contributed by atoms with van der Waals surface area (Å²) in [5.74, 6) is 0.429. The summed E-state index contributed by atoms with van der Waals surface area (Å²) in [7, 11) is 0. The number of nitrogens with zero attached hydrogens (tertiary/aromatic N) is 3. The van der Waals surface area contributed by atoms with Gasteiger partial charge in [-0.3, -0.25) is 0 Å². The molecule has 1 heterocycles. The van der Waals surface area contributed by atoms with Crippen molar-refractivity contribution in [1.82, 2.24) is 9.97 Å². The maximum atomic E-state index is 8.49. The van der Waals surface area contributed by atoms with E-state index in [-0.39, 0.29) is 22.4 Å². The molecule has 0 amide bonds. The van der Waals surface area contributed by atoms with Crippen LogP contribution in [0.5, 0.6) is 11.6 Å². The molecule has 2 aromatic rings. The second-order valence-electron chi connectivity index (χ2n) is 3.38. The Balaban J connectivity index is 2.22. The molecular formula is C11H8Cl2N4O2. The molecule has 0 fully saturated rings. The van der Waals surface area contributed by atoms with E-state index in [4.69, 9.17) is 38.9 Å². The van der Waals surface area contributed by atoms with Gasteiger partial charge in [-0.25, -0.2) is 9.97 Å². The van der Waals surface area contributed by atoms with Crippen LogP contribution in [0.2, 0.25) is 10.0 Å². The van der Waals surface area contributed by atoms with Gasteiger partial charge in [0.2, 0.25) is 5.88 Å². The van der Waals surface area contributed by atoms with Gasteiger partial charge in [0.1, 0.15) is 16.5 Å². The standard InChI is InChI=1S/C11H8Cl2N4O2/c12-6-2-1-3-8(10(6)13)19-9-5-15-7(4-16-9)11(14)17-18/h1-5,18H,(H2,14,17). The first-order valence-electron chi connectivity index (χ1n) is 5.03. The second-order valence-corrected chi connectivity index (χ2v) is 4.16. The molecule has 2 rings (SSSR count). The lowest BCUT2D eigenvalue weighted by Crippen LogP contribution is -2.15. The Labute approximate surface area is 118 Å². The normalized spacial score (nSPS) is 11.4. The van der Waals surface area contributed by atoms with Gasteiger partial charge in [0, 0.05) is 0 Å². The average Bonchev–Trinajstić information content (AvgIpc) is 2.44. The number of aromatic nitrogens is 2. The number of oxime groups is 1. The van der Waals surface area contributed by atoms with Crippen molar-refractivity contribution in [3.05, 3.63) is 46.3 Å². The van der Waals surface area contributed by atoms with Crippen LogP contribution < -0.4 is 10.5 Å². The predicted molar refractivity (Wildman–Crippen MR) is 71.1 cm³/mol. The molecule has 0 spiro atoms. The van der Waals surface area contributed by atoms with Crippen LogP contribution in [0.15, 0.2) is 35.7 Å². The molecule has 0 bridgehead atoms. The lowest BCUT2D eigenvalue weighted by atomic mass is 10.3. The minimum atomic E-state index is -0.139. The summed E-state index contributed by atoms with van der Waals surface area (Å²) in [5, 5.41) is 12.0. The molecule has 6 nitrogen and oxygen atoms in total. The largest absolute Gasteiger partial charge is 0.436 e. The number of nitrogens with two attached hydrogens (primary N) is 1. The third kappa shape index (κ3) is 3.04. The highest BCUT2D eigenvalue weighted by Gasteiger charge is 2.08. The Hall–Kier alpha value is -2.05. The van der Waals surface area contributed by atoms with Crippen LogP contribution in [0.1, 0.15) is 5.69 Å². The first kappa shape index (κ1) is 13.4. The van der Waals surface area contributed by atoms with Crippen LogP contribution in [-0.2, 0) is 0 Å². The second kappa shape index (κ2) is 5.73. The van der Waals surface area contributed by atoms with Crippen LogP contribution in [0.3, 0.4) is 0 Å². The predicted octanol–water partition coefficient (Wildman–Crippen LogP) is 2.67. The first-order chi connectivity index (χ1) is 9.11. The maximum Gasteiger partial charge on any atom is 0.237 e.